The molecule has 0 saturated heterocycles. The first kappa shape index (κ1) is 19.6. The average molecular weight is 385 g/mol. The number of Topliss-reactive ketones (excluding diaryl/α,β-unsaturated/α-hetero) is 1. The van der Waals surface area contributed by atoms with Gasteiger partial charge in [-0.1, -0.05) is 18.6 Å². The van der Waals surface area contributed by atoms with Crippen LogP contribution in [0, 0.1) is 28.6 Å². The number of ether oxygens (including phenoxy) is 1. The molecule has 3 saturated carbocycles. The normalized spacial score (nSPS) is 44.6. The Kier molecular flexibility index (Phi) is 4.48. The molecule has 0 aromatic heterocycles. The summed E-state index contributed by atoms with van der Waals surface area (Å²) in [5.74, 6) is 1.20. The third-order valence-electron chi connectivity index (χ3n) is 8.93. The molecule has 152 valence electrons. The highest BCUT2D eigenvalue weighted by Crippen LogP contribution is 2.68. The molecular weight excluding hydrogens is 352 g/mol. The molecule has 0 aliphatic heterocycles. The Morgan fingerprint density at radius 2 is 1.82 bits per heavy atom. The Hall–Kier alpha value is -1.71. The average Bonchev–Trinajstić information content (AvgIpc) is 2.94. The molecule has 0 aromatic carbocycles. The summed E-state index contributed by atoms with van der Waals surface area (Å²) in [4.78, 5) is 36.7. The summed E-state index contributed by atoms with van der Waals surface area (Å²) in [6, 6.07) is 0. The van der Waals surface area contributed by atoms with E-state index in [1.54, 1.807) is 6.92 Å². The maximum Gasteiger partial charge on any atom is 0.303 e. The van der Waals surface area contributed by atoms with E-state index in [1.165, 1.54) is 12.5 Å². The van der Waals surface area contributed by atoms with Crippen molar-refractivity contribution in [2.75, 3.05) is 0 Å². The fourth-order valence-electron chi connectivity index (χ4n) is 7.72. The number of allylic oxidation sites excluding steroid dienone is 2. The van der Waals surface area contributed by atoms with Crippen molar-refractivity contribution < 1.29 is 19.1 Å². The fourth-order valence-corrected chi connectivity index (χ4v) is 7.72. The van der Waals surface area contributed by atoms with Crippen LogP contribution in [0.2, 0.25) is 0 Å². The van der Waals surface area contributed by atoms with Crippen LogP contribution in [0.4, 0.5) is 0 Å². The van der Waals surface area contributed by atoms with E-state index in [2.05, 4.69) is 19.6 Å². The number of hydrogen-bond donors (Lipinski definition) is 0. The topological polar surface area (TPSA) is 60.4 Å². The number of rotatable bonds is 3. The van der Waals surface area contributed by atoms with Gasteiger partial charge >= 0.3 is 5.97 Å². The first-order valence-corrected chi connectivity index (χ1v) is 10.8. The molecule has 4 heteroatoms. The van der Waals surface area contributed by atoms with Crippen LogP contribution < -0.4 is 0 Å². The maximum atomic E-state index is 12.8. The van der Waals surface area contributed by atoms with E-state index in [0.29, 0.717) is 30.6 Å². The van der Waals surface area contributed by atoms with Crippen molar-refractivity contribution in [1.82, 2.24) is 0 Å². The molecule has 4 aliphatic carbocycles. The van der Waals surface area contributed by atoms with E-state index in [1.807, 2.05) is 6.08 Å². The van der Waals surface area contributed by atoms with Gasteiger partial charge in [0.1, 0.15) is 0 Å². The highest BCUT2D eigenvalue weighted by atomic mass is 16.6. The highest BCUT2D eigenvalue weighted by Gasteiger charge is 2.67. The summed E-state index contributed by atoms with van der Waals surface area (Å²) < 4.78 is 5.82. The van der Waals surface area contributed by atoms with Gasteiger partial charge in [0.05, 0.1) is 0 Å². The second-order valence-electron chi connectivity index (χ2n) is 9.77. The summed E-state index contributed by atoms with van der Waals surface area (Å²) in [7, 11) is 0. The fraction of sp³-hybridized carbons (Fsp3) is 0.708. The molecule has 0 amide bonds. The lowest BCUT2D eigenvalue weighted by Crippen LogP contribution is -2.58. The molecule has 0 heterocycles. The Morgan fingerprint density at radius 3 is 2.46 bits per heavy atom. The first-order chi connectivity index (χ1) is 13.2. The molecular formula is C24H32O4. The van der Waals surface area contributed by atoms with Gasteiger partial charge in [-0.2, -0.15) is 0 Å². The zero-order valence-corrected chi connectivity index (χ0v) is 17.4. The van der Waals surface area contributed by atoms with Crippen LogP contribution in [0.25, 0.3) is 0 Å². The summed E-state index contributed by atoms with van der Waals surface area (Å²) in [5, 5.41) is 0. The molecule has 4 nitrogen and oxygen atoms in total. The van der Waals surface area contributed by atoms with Crippen molar-refractivity contribution in [3.8, 4) is 0 Å². The molecule has 28 heavy (non-hydrogen) atoms. The number of fused-ring (bicyclic) bond motifs is 5. The Bertz CT molecular complexity index is 779. The van der Waals surface area contributed by atoms with E-state index in [0.717, 1.165) is 38.5 Å². The van der Waals surface area contributed by atoms with Crippen LogP contribution in [0.3, 0.4) is 0 Å². The van der Waals surface area contributed by atoms with Crippen molar-refractivity contribution in [3.63, 3.8) is 0 Å². The Balaban J connectivity index is 1.73. The quantitative estimate of drug-likeness (QED) is 0.528. The van der Waals surface area contributed by atoms with Crippen LogP contribution in [0.15, 0.2) is 24.3 Å². The number of ketones is 2. The molecule has 4 aliphatic rings. The largest absolute Gasteiger partial charge is 0.451 e. The predicted molar refractivity (Wildman–Crippen MR) is 106 cm³/mol. The third kappa shape index (κ3) is 2.39. The maximum absolute atomic E-state index is 12.8. The van der Waals surface area contributed by atoms with Gasteiger partial charge in [0.15, 0.2) is 17.2 Å². The highest BCUT2D eigenvalue weighted by molar-refractivity contribution is 5.92. The molecule has 0 spiro atoms. The summed E-state index contributed by atoms with van der Waals surface area (Å²) in [5.41, 5.74) is -0.0747. The van der Waals surface area contributed by atoms with Crippen LogP contribution >= 0.6 is 0 Å². The Morgan fingerprint density at radius 1 is 1.11 bits per heavy atom. The summed E-state index contributed by atoms with van der Waals surface area (Å²) in [6.07, 6.45) is 10.9. The van der Waals surface area contributed by atoms with Crippen molar-refractivity contribution in [1.29, 1.82) is 0 Å². The van der Waals surface area contributed by atoms with Gasteiger partial charge in [-0.05, 0) is 75.7 Å². The minimum absolute atomic E-state index is 0.00996. The molecule has 6 atom stereocenters. The third-order valence-corrected chi connectivity index (χ3v) is 8.93. The standard InChI is InChI=1S/C24H32O4/c1-5-23-12-8-18(27)14-17(23)6-7-19-20-10-13-24(15(2)25,28-16(3)26)22(20,4)11-9-21(19)23/h5,14,19-21H,1,6-13H2,2-4H3/t19-,20-,21-,22-,23-,24-/m0/s1. The number of carbonyl (C=O) groups excluding carboxylic acids is 3. The SMILES string of the molecule is C=C[C@]12CCC(=O)C=C1CC[C@@H]1[C@@H]2CC[C@@]2(C)[C@H]1CC[C@]2(OC(C)=O)C(C)=O. The molecule has 0 N–H and O–H groups in total. The Labute approximate surface area is 167 Å². The minimum Gasteiger partial charge on any atom is -0.451 e. The number of hydrogen-bond acceptors (Lipinski definition) is 4. The van der Waals surface area contributed by atoms with Gasteiger partial charge in [-0.15, -0.1) is 6.58 Å². The van der Waals surface area contributed by atoms with Crippen LogP contribution in [-0.4, -0.2) is 23.1 Å². The zero-order chi connectivity index (χ0) is 20.3. The van der Waals surface area contributed by atoms with Crippen molar-refractivity contribution in [2.45, 2.75) is 77.7 Å². The van der Waals surface area contributed by atoms with E-state index >= 15 is 0 Å². The molecule has 0 aromatic rings. The predicted octanol–water partition coefficient (Wildman–Crippen LogP) is 4.58. The van der Waals surface area contributed by atoms with E-state index in [9.17, 15) is 14.4 Å². The lowest BCUT2D eigenvalue weighted by Gasteiger charge is -2.59. The zero-order valence-electron chi connectivity index (χ0n) is 17.4. The number of carbonyl (C=O) groups is 3. The van der Waals surface area contributed by atoms with Gasteiger partial charge in [-0.3, -0.25) is 14.4 Å². The van der Waals surface area contributed by atoms with Crippen LogP contribution in [0.1, 0.15) is 72.1 Å². The van der Waals surface area contributed by atoms with E-state index < -0.39 is 5.60 Å². The lowest BCUT2D eigenvalue weighted by atomic mass is 9.46. The van der Waals surface area contributed by atoms with E-state index in [-0.39, 0.29) is 28.4 Å². The minimum atomic E-state index is -0.978. The van der Waals surface area contributed by atoms with Gasteiger partial charge < -0.3 is 4.74 Å². The second-order valence-corrected chi connectivity index (χ2v) is 9.77. The van der Waals surface area contributed by atoms with Crippen LogP contribution in [-0.2, 0) is 19.1 Å². The summed E-state index contributed by atoms with van der Waals surface area (Å²) >= 11 is 0. The van der Waals surface area contributed by atoms with E-state index in [4.69, 9.17) is 4.74 Å². The monoisotopic (exact) mass is 384 g/mol. The molecule has 4 rings (SSSR count). The van der Waals surface area contributed by atoms with Crippen molar-refractivity contribution >= 4 is 17.5 Å². The molecule has 0 unspecified atom stereocenters. The number of esters is 1. The summed E-state index contributed by atoms with van der Waals surface area (Å²) in [6.45, 7) is 9.38. The van der Waals surface area contributed by atoms with Gasteiger partial charge in [-0.25, -0.2) is 0 Å². The second kappa shape index (κ2) is 6.40. The first-order valence-electron chi connectivity index (χ1n) is 10.8. The molecule has 3 fully saturated rings. The molecule has 0 bridgehead atoms. The smallest absolute Gasteiger partial charge is 0.303 e. The van der Waals surface area contributed by atoms with Crippen molar-refractivity contribution in [3.05, 3.63) is 24.3 Å². The van der Waals surface area contributed by atoms with Crippen LogP contribution in [0.5, 0.6) is 0 Å². The van der Waals surface area contributed by atoms with Gasteiger partial charge in [0.2, 0.25) is 0 Å². The molecule has 0 radical (unpaired) electrons. The van der Waals surface area contributed by atoms with Gasteiger partial charge in [0, 0.05) is 24.2 Å². The van der Waals surface area contributed by atoms with Crippen molar-refractivity contribution in [2.24, 2.45) is 28.6 Å². The van der Waals surface area contributed by atoms with Gasteiger partial charge in [0.25, 0.3) is 0 Å². The lowest BCUT2D eigenvalue weighted by molar-refractivity contribution is -0.186.